The molecule has 0 saturated carbocycles. The van der Waals surface area contributed by atoms with Crippen molar-refractivity contribution in [2.24, 2.45) is 0 Å². The minimum atomic E-state index is -0.880. The molecule has 0 fully saturated rings. The number of aryl methyl sites for hydroxylation is 1. The fourth-order valence-electron chi connectivity index (χ4n) is 3.17. The number of oxazole rings is 1. The van der Waals surface area contributed by atoms with E-state index >= 15 is 0 Å². The zero-order valence-electron chi connectivity index (χ0n) is 17.9. The maximum absolute atomic E-state index is 10.9. The Morgan fingerprint density at radius 1 is 1.06 bits per heavy atom. The van der Waals surface area contributed by atoms with Crippen molar-refractivity contribution >= 4 is 5.97 Å². The van der Waals surface area contributed by atoms with E-state index in [9.17, 15) is 4.79 Å². The third-order valence-corrected chi connectivity index (χ3v) is 4.67. The summed E-state index contributed by atoms with van der Waals surface area (Å²) in [6.45, 7) is 2.22. The van der Waals surface area contributed by atoms with E-state index in [0.717, 1.165) is 5.69 Å². The lowest BCUT2D eigenvalue weighted by molar-refractivity contribution is -0.136. The fraction of sp³-hybridized carbons (Fsp3) is 0.304. The smallest absolute Gasteiger partial charge is 0.307 e. The van der Waals surface area contributed by atoms with Crippen LogP contribution in [-0.2, 0) is 17.6 Å². The number of ether oxygens (including phenoxy) is 4. The largest absolute Gasteiger partial charge is 0.493 e. The van der Waals surface area contributed by atoms with E-state index in [0.29, 0.717) is 58.8 Å². The molecule has 0 atom stereocenters. The summed E-state index contributed by atoms with van der Waals surface area (Å²) in [5.74, 6) is 2.38. The zero-order chi connectivity index (χ0) is 22.4. The molecule has 0 aliphatic rings. The molecule has 8 heteroatoms. The predicted molar refractivity (Wildman–Crippen MR) is 113 cm³/mol. The Morgan fingerprint density at radius 3 is 2.39 bits per heavy atom. The van der Waals surface area contributed by atoms with Crippen molar-refractivity contribution in [1.29, 1.82) is 0 Å². The number of aromatic nitrogens is 1. The second-order valence-electron chi connectivity index (χ2n) is 6.75. The second-order valence-corrected chi connectivity index (χ2v) is 6.75. The van der Waals surface area contributed by atoms with Crippen molar-refractivity contribution < 1.29 is 33.3 Å². The van der Waals surface area contributed by atoms with Gasteiger partial charge in [0.05, 0.1) is 40.1 Å². The van der Waals surface area contributed by atoms with Crippen LogP contribution in [0.3, 0.4) is 0 Å². The van der Waals surface area contributed by atoms with Crippen molar-refractivity contribution in [1.82, 2.24) is 4.98 Å². The first-order valence-electron chi connectivity index (χ1n) is 9.65. The van der Waals surface area contributed by atoms with Gasteiger partial charge in [-0.05, 0) is 36.8 Å². The molecule has 0 unspecified atom stereocenters. The van der Waals surface area contributed by atoms with Crippen LogP contribution in [0.1, 0.15) is 17.0 Å². The zero-order valence-corrected chi connectivity index (χ0v) is 17.9. The molecule has 3 rings (SSSR count). The van der Waals surface area contributed by atoms with Gasteiger partial charge in [-0.2, -0.15) is 0 Å². The van der Waals surface area contributed by atoms with Crippen molar-refractivity contribution in [2.75, 3.05) is 27.9 Å². The van der Waals surface area contributed by atoms with Crippen molar-refractivity contribution in [3.05, 3.63) is 53.4 Å². The van der Waals surface area contributed by atoms with Crippen LogP contribution in [0.5, 0.6) is 23.0 Å². The van der Waals surface area contributed by atoms with Crippen LogP contribution in [0.15, 0.2) is 40.8 Å². The minimum Gasteiger partial charge on any atom is -0.493 e. The number of rotatable bonds is 10. The van der Waals surface area contributed by atoms with Gasteiger partial charge in [-0.3, -0.25) is 4.79 Å². The molecule has 0 radical (unpaired) electrons. The van der Waals surface area contributed by atoms with Gasteiger partial charge < -0.3 is 28.5 Å². The van der Waals surface area contributed by atoms with Crippen molar-refractivity contribution in [2.45, 2.75) is 19.8 Å². The van der Waals surface area contributed by atoms with E-state index in [-0.39, 0.29) is 6.42 Å². The van der Waals surface area contributed by atoms with E-state index < -0.39 is 5.97 Å². The first kappa shape index (κ1) is 22.0. The average molecular weight is 427 g/mol. The fourth-order valence-corrected chi connectivity index (χ4v) is 3.17. The summed E-state index contributed by atoms with van der Waals surface area (Å²) >= 11 is 0. The third kappa shape index (κ3) is 5.28. The van der Waals surface area contributed by atoms with E-state index in [1.807, 2.05) is 6.92 Å². The molecule has 0 saturated heterocycles. The van der Waals surface area contributed by atoms with Crippen LogP contribution < -0.4 is 18.9 Å². The molecule has 2 aromatic carbocycles. The SMILES string of the molecule is COc1cc(-c2nc(CCOc3cccc(CC(=O)O)c3)c(C)o2)cc(OC)c1OC. The Balaban J connectivity index is 1.73. The van der Waals surface area contributed by atoms with Crippen molar-refractivity contribution in [3.63, 3.8) is 0 Å². The summed E-state index contributed by atoms with van der Waals surface area (Å²) < 4.78 is 27.8. The number of benzene rings is 2. The molecule has 8 nitrogen and oxygen atoms in total. The molecule has 3 aromatic rings. The highest BCUT2D eigenvalue weighted by Crippen LogP contribution is 2.41. The summed E-state index contributed by atoms with van der Waals surface area (Å²) in [5.41, 5.74) is 2.16. The maximum atomic E-state index is 10.9. The molecular formula is C23H25NO7. The number of carboxylic acids is 1. The van der Waals surface area contributed by atoms with E-state index in [4.69, 9.17) is 28.5 Å². The number of carbonyl (C=O) groups is 1. The van der Waals surface area contributed by atoms with Gasteiger partial charge in [0.25, 0.3) is 0 Å². The molecular weight excluding hydrogens is 402 g/mol. The summed E-state index contributed by atoms with van der Waals surface area (Å²) in [4.78, 5) is 15.5. The predicted octanol–water partition coefficient (Wildman–Crippen LogP) is 3.92. The van der Waals surface area contributed by atoms with E-state index in [2.05, 4.69) is 4.98 Å². The van der Waals surface area contributed by atoms with Gasteiger partial charge in [0, 0.05) is 12.0 Å². The summed E-state index contributed by atoms with van der Waals surface area (Å²) in [6.07, 6.45) is 0.487. The van der Waals surface area contributed by atoms with Gasteiger partial charge in [-0.15, -0.1) is 0 Å². The molecule has 0 bridgehead atoms. The molecule has 0 aliphatic carbocycles. The number of nitrogens with zero attached hydrogens (tertiary/aromatic N) is 1. The number of hydrogen-bond acceptors (Lipinski definition) is 7. The Bertz CT molecular complexity index is 1030. The number of hydrogen-bond donors (Lipinski definition) is 1. The van der Waals surface area contributed by atoms with Crippen LogP contribution in [0.2, 0.25) is 0 Å². The monoisotopic (exact) mass is 427 g/mol. The van der Waals surface area contributed by atoms with E-state index in [1.54, 1.807) is 57.7 Å². The highest BCUT2D eigenvalue weighted by Gasteiger charge is 2.18. The first-order valence-corrected chi connectivity index (χ1v) is 9.65. The van der Waals surface area contributed by atoms with Gasteiger partial charge in [0.2, 0.25) is 11.6 Å². The molecule has 0 amide bonds. The molecule has 31 heavy (non-hydrogen) atoms. The minimum absolute atomic E-state index is 0.0439. The Kier molecular flexibility index (Phi) is 7.02. The summed E-state index contributed by atoms with van der Waals surface area (Å²) in [6, 6.07) is 10.6. The number of aliphatic carboxylic acids is 1. The Hall–Kier alpha value is -3.68. The first-order chi connectivity index (χ1) is 14.9. The Labute approximate surface area is 180 Å². The van der Waals surface area contributed by atoms with E-state index in [1.165, 1.54) is 0 Å². The van der Waals surface area contributed by atoms with Crippen LogP contribution >= 0.6 is 0 Å². The van der Waals surface area contributed by atoms with Gasteiger partial charge in [-0.25, -0.2) is 4.98 Å². The average Bonchev–Trinajstić information content (AvgIpc) is 3.13. The molecule has 164 valence electrons. The number of carboxylic acid groups (broad SMARTS) is 1. The second kappa shape index (κ2) is 9.88. The Morgan fingerprint density at radius 2 is 1.77 bits per heavy atom. The maximum Gasteiger partial charge on any atom is 0.307 e. The van der Waals surface area contributed by atoms with Crippen LogP contribution in [0.25, 0.3) is 11.5 Å². The van der Waals surface area contributed by atoms with Crippen LogP contribution in [-0.4, -0.2) is 44.0 Å². The molecule has 1 heterocycles. The van der Waals surface area contributed by atoms with Gasteiger partial charge in [0.15, 0.2) is 11.5 Å². The molecule has 0 aliphatic heterocycles. The van der Waals surface area contributed by atoms with Crippen LogP contribution in [0.4, 0.5) is 0 Å². The lowest BCUT2D eigenvalue weighted by Gasteiger charge is -2.12. The lowest BCUT2D eigenvalue weighted by Crippen LogP contribution is -2.04. The highest BCUT2D eigenvalue weighted by atomic mass is 16.5. The number of methoxy groups -OCH3 is 3. The molecule has 0 spiro atoms. The highest BCUT2D eigenvalue weighted by molar-refractivity contribution is 5.70. The summed E-state index contributed by atoms with van der Waals surface area (Å²) in [7, 11) is 4.65. The quantitative estimate of drug-likeness (QED) is 0.520. The normalized spacial score (nSPS) is 10.6. The van der Waals surface area contributed by atoms with Crippen LogP contribution in [0, 0.1) is 6.92 Å². The standard InChI is InChI=1S/C23H25NO7/c1-14-18(8-9-30-17-7-5-6-15(10-17)11-21(25)26)24-23(31-14)16-12-19(27-2)22(29-4)20(13-16)28-3/h5-7,10,12-13H,8-9,11H2,1-4H3,(H,25,26). The van der Waals surface area contributed by atoms with Crippen molar-refractivity contribution in [3.8, 4) is 34.5 Å². The van der Waals surface area contributed by atoms with Gasteiger partial charge in [-0.1, -0.05) is 12.1 Å². The van der Waals surface area contributed by atoms with Gasteiger partial charge in [0.1, 0.15) is 11.5 Å². The lowest BCUT2D eigenvalue weighted by atomic mass is 10.1. The third-order valence-electron chi connectivity index (χ3n) is 4.67. The topological polar surface area (TPSA) is 100 Å². The summed E-state index contributed by atoms with van der Waals surface area (Å²) in [5, 5.41) is 8.92. The molecule has 1 N–H and O–H groups in total. The van der Waals surface area contributed by atoms with Gasteiger partial charge >= 0.3 is 5.97 Å². The molecule has 1 aromatic heterocycles.